The maximum absolute atomic E-state index is 11.0. The van der Waals surface area contributed by atoms with Crippen molar-refractivity contribution < 1.29 is 4.79 Å². The molecule has 1 amide bonds. The van der Waals surface area contributed by atoms with Crippen molar-refractivity contribution in [2.75, 3.05) is 0 Å². The minimum absolute atomic E-state index is 0.267. The number of aromatic nitrogens is 1. The van der Waals surface area contributed by atoms with Gasteiger partial charge in [-0.05, 0) is 0 Å². The van der Waals surface area contributed by atoms with Crippen molar-refractivity contribution in [3.05, 3.63) is 23.9 Å². The first-order valence-corrected chi connectivity index (χ1v) is 9.54. The van der Waals surface area contributed by atoms with E-state index in [4.69, 9.17) is 5.73 Å². The van der Waals surface area contributed by atoms with Gasteiger partial charge >= 0.3 is 102 Å². The third-order valence-corrected chi connectivity index (χ3v) is 6.46. The summed E-state index contributed by atoms with van der Waals surface area (Å²) in [6, 6.07) is 6.48. The molecule has 2 N–H and O–H groups in total. The van der Waals surface area contributed by atoms with Gasteiger partial charge in [0.1, 0.15) is 0 Å². The SMILES string of the molecule is CC(C)CC[As](C)c1cc[c]c(C(N)=O)n1. The van der Waals surface area contributed by atoms with Crippen molar-refractivity contribution in [2.24, 2.45) is 11.7 Å². The fourth-order valence-corrected chi connectivity index (χ4v) is 4.92. The summed E-state index contributed by atoms with van der Waals surface area (Å²) in [5.41, 5.74) is 7.72. The zero-order valence-electron chi connectivity index (χ0n) is 10.0. The van der Waals surface area contributed by atoms with E-state index in [-0.39, 0.29) is 5.69 Å². The van der Waals surface area contributed by atoms with E-state index in [1.165, 1.54) is 11.6 Å². The van der Waals surface area contributed by atoms with Crippen LogP contribution in [0.2, 0.25) is 10.9 Å². The zero-order chi connectivity index (χ0) is 12.1. The second-order valence-corrected chi connectivity index (χ2v) is 9.09. The first kappa shape index (κ1) is 13.2. The van der Waals surface area contributed by atoms with Gasteiger partial charge in [0, 0.05) is 0 Å². The second-order valence-electron chi connectivity index (χ2n) is 4.26. The van der Waals surface area contributed by atoms with E-state index in [1.54, 1.807) is 6.07 Å². The predicted octanol–water partition coefficient (Wildman–Crippen LogP) is 1.36. The molecule has 0 aliphatic carbocycles. The molecule has 1 heterocycles. The van der Waals surface area contributed by atoms with E-state index in [0.717, 1.165) is 10.4 Å². The van der Waals surface area contributed by atoms with Gasteiger partial charge in [0.25, 0.3) is 0 Å². The summed E-state index contributed by atoms with van der Waals surface area (Å²) >= 11 is -1.09. The second kappa shape index (κ2) is 6.05. The molecule has 0 aliphatic rings. The molecular weight excluding hydrogens is 263 g/mol. The minimum atomic E-state index is -1.09. The zero-order valence-corrected chi connectivity index (χ0v) is 11.9. The molecule has 0 aliphatic heterocycles. The van der Waals surface area contributed by atoms with Crippen LogP contribution in [0.3, 0.4) is 0 Å². The molecule has 1 aromatic rings. The van der Waals surface area contributed by atoms with Gasteiger partial charge in [-0.15, -0.1) is 0 Å². The quantitative estimate of drug-likeness (QED) is 0.828. The molecule has 0 spiro atoms. The summed E-state index contributed by atoms with van der Waals surface area (Å²) in [6.07, 6.45) is 1.22. The molecule has 1 radical (unpaired) electrons. The Balaban J connectivity index is 2.71. The van der Waals surface area contributed by atoms with Crippen LogP contribution < -0.4 is 10.2 Å². The van der Waals surface area contributed by atoms with E-state index in [0.29, 0.717) is 0 Å². The third-order valence-electron chi connectivity index (χ3n) is 2.35. The number of nitrogens with zero attached hydrogens (tertiary/aromatic N) is 1. The van der Waals surface area contributed by atoms with Crippen molar-refractivity contribution in [3.63, 3.8) is 0 Å². The molecule has 1 atom stereocenters. The molecule has 87 valence electrons. The van der Waals surface area contributed by atoms with Crippen molar-refractivity contribution in [1.29, 1.82) is 0 Å². The summed E-state index contributed by atoms with van der Waals surface area (Å²) in [5.74, 6) is 0.232. The predicted molar refractivity (Wildman–Crippen MR) is 67.1 cm³/mol. The number of hydrogen-bond donors (Lipinski definition) is 1. The van der Waals surface area contributed by atoms with E-state index in [9.17, 15) is 4.79 Å². The van der Waals surface area contributed by atoms with Gasteiger partial charge in [-0.2, -0.15) is 0 Å². The number of pyridine rings is 1. The van der Waals surface area contributed by atoms with Crippen LogP contribution in [-0.4, -0.2) is 25.5 Å². The standard InChI is InChI=1S/C12H18AsN2O/c1-9(2)7-8-13(3)11-6-4-5-10(15-11)12(14)16/h4,6,9H,7-8H2,1-3H3,(H2,14,16). The average molecular weight is 281 g/mol. The Morgan fingerprint density at radius 1 is 1.62 bits per heavy atom. The molecule has 0 bridgehead atoms. The first-order valence-electron chi connectivity index (χ1n) is 5.40. The van der Waals surface area contributed by atoms with Crippen LogP contribution in [0.15, 0.2) is 12.1 Å². The van der Waals surface area contributed by atoms with Crippen LogP contribution in [-0.2, 0) is 0 Å². The Bertz CT molecular complexity index is 366. The summed E-state index contributed by atoms with van der Waals surface area (Å²) in [4.78, 5) is 15.3. The molecule has 3 nitrogen and oxygen atoms in total. The topological polar surface area (TPSA) is 56.0 Å². The Hall–Kier alpha value is -0.822. The number of hydrogen-bond acceptors (Lipinski definition) is 2. The molecule has 0 aromatic carbocycles. The number of carbonyl (C=O) groups excluding carboxylic acids is 1. The van der Waals surface area contributed by atoms with Crippen molar-refractivity contribution in [2.45, 2.75) is 31.2 Å². The van der Waals surface area contributed by atoms with Crippen LogP contribution in [0.5, 0.6) is 0 Å². The van der Waals surface area contributed by atoms with Crippen LogP contribution in [0.1, 0.15) is 30.8 Å². The van der Waals surface area contributed by atoms with Gasteiger partial charge < -0.3 is 0 Å². The molecular formula is C12H18AsN2O. The summed E-state index contributed by atoms with van der Waals surface area (Å²) in [7, 11) is 0. The Morgan fingerprint density at radius 2 is 2.31 bits per heavy atom. The number of rotatable bonds is 5. The number of primary amides is 1. The number of amides is 1. The molecule has 1 unspecified atom stereocenters. The Morgan fingerprint density at radius 3 is 2.88 bits per heavy atom. The third kappa shape index (κ3) is 3.97. The summed E-state index contributed by atoms with van der Waals surface area (Å²) < 4.78 is 1.07. The fraction of sp³-hybridized carbons (Fsp3) is 0.500. The van der Waals surface area contributed by atoms with Gasteiger partial charge in [0.15, 0.2) is 0 Å². The number of carbonyl (C=O) groups is 1. The monoisotopic (exact) mass is 281 g/mol. The van der Waals surface area contributed by atoms with E-state index >= 15 is 0 Å². The molecule has 0 saturated heterocycles. The molecule has 0 saturated carbocycles. The molecule has 16 heavy (non-hydrogen) atoms. The molecule has 1 rings (SSSR count). The molecule has 0 fully saturated rings. The van der Waals surface area contributed by atoms with Crippen LogP contribution >= 0.6 is 0 Å². The molecule has 1 aromatic heterocycles. The molecule has 4 heteroatoms. The van der Waals surface area contributed by atoms with Crippen molar-refractivity contribution in [1.82, 2.24) is 4.98 Å². The van der Waals surface area contributed by atoms with E-state index in [2.05, 4.69) is 30.6 Å². The van der Waals surface area contributed by atoms with Gasteiger partial charge in [-0.3, -0.25) is 0 Å². The Labute approximate surface area is 102 Å². The van der Waals surface area contributed by atoms with Crippen molar-refractivity contribution >= 4 is 25.0 Å². The average Bonchev–Trinajstić information content (AvgIpc) is 2.26. The van der Waals surface area contributed by atoms with Gasteiger partial charge in [-0.25, -0.2) is 0 Å². The van der Waals surface area contributed by atoms with E-state index in [1.807, 2.05) is 6.07 Å². The van der Waals surface area contributed by atoms with Gasteiger partial charge in [0.2, 0.25) is 0 Å². The van der Waals surface area contributed by atoms with Crippen LogP contribution in [0.25, 0.3) is 0 Å². The summed E-state index contributed by atoms with van der Waals surface area (Å²) in [5, 5.41) is 1.22. The van der Waals surface area contributed by atoms with Crippen LogP contribution in [0, 0.1) is 12.0 Å². The van der Waals surface area contributed by atoms with Gasteiger partial charge in [0.05, 0.1) is 0 Å². The maximum atomic E-state index is 11.0. The van der Waals surface area contributed by atoms with Crippen molar-refractivity contribution in [3.8, 4) is 0 Å². The Kier molecular flexibility index (Phi) is 5.01. The van der Waals surface area contributed by atoms with Gasteiger partial charge in [-0.1, -0.05) is 0 Å². The number of nitrogens with two attached hydrogens (primary N) is 1. The fourth-order valence-electron chi connectivity index (χ4n) is 1.28. The summed E-state index contributed by atoms with van der Waals surface area (Å²) in [6.45, 7) is 4.45. The van der Waals surface area contributed by atoms with E-state index < -0.39 is 20.6 Å². The van der Waals surface area contributed by atoms with Crippen LogP contribution in [0.4, 0.5) is 0 Å². The first-order chi connectivity index (χ1) is 7.50. The normalized spacial score (nSPS) is 12.8.